The molecule has 0 aliphatic heterocycles. The van der Waals surface area contributed by atoms with Gasteiger partial charge in [-0.1, -0.05) is 140 Å². The van der Waals surface area contributed by atoms with E-state index in [0.29, 0.717) is 0 Å². The summed E-state index contributed by atoms with van der Waals surface area (Å²) in [6, 6.07) is 0. The molecular formula is C36H68O5S. The van der Waals surface area contributed by atoms with E-state index in [1.165, 1.54) is 141 Å². The van der Waals surface area contributed by atoms with Gasteiger partial charge < -0.3 is 4.74 Å². The van der Waals surface area contributed by atoms with Crippen molar-refractivity contribution in [2.45, 2.75) is 168 Å². The highest BCUT2D eigenvalue weighted by Crippen LogP contribution is 2.10. The zero-order chi connectivity index (χ0) is 31.2. The SMILES string of the molecule is CCCCC/C=C\C/C=C\CCCCCCCCOCCCCCCCC/C=C\C/C=C\CCCCC.O=S(=O)(O)O. The van der Waals surface area contributed by atoms with Crippen molar-refractivity contribution in [3.8, 4) is 0 Å². The monoisotopic (exact) mass is 612 g/mol. The highest BCUT2D eigenvalue weighted by atomic mass is 32.3. The van der Waals surface area contributed by atoms with Crippen LogP contribution in [0.25, 0.3) is 0 Å². The average Bonchev–Trinajstić information content (AvgIpc) is 2.94. The lowest BCUT2D eigenvalue weighted by molar-refractivity contribution is 0.125. The smallest absolute Gasteiger partial charge is 0.381 e. The minimum atomic E-state index is -4.67. The molecule has 0 spiro atoms. The zero-order valence-electron chi connectivity index (χ0n) is 27.5. The van der Waals surface area contributed by atoms with Gasteiger partial charge in [0.25, 0.3) is 0 Å². The van der Waals surface area contributed by atoms with Gasteiger partial charge in [0.05, 0.1) is 0 Å². The predicted octanol–water partition coefficient (Wildman–Crippen LogP) is 12.0. The van der Waals surface area contributed by atoms with Gasteiger partial charge in [0.15, 0.2) is 0 Å². The summed E-state index contributed by atoms with van der Waals surface area (Å²) >= 11 is 0. The van der Waals surface area contributed by atoms with E-state index in [9.17, 15) is 0 Å². The van der Waals surface area contributed by atoms with Crippen molar-refractivity contribution in [3.05, 3.63) is 48.6 Å². The fourth-order valence-corrected chi connectivity index (χ4v) is 4.49. The summed E-state index contributed by atoms with van der Waals surface area (Å²) in [5, 5.41) is 0. The lowest BCUT2D eigenvalue weighted by atomic mass is 10.1. The van der Waals surface area contributed by atoms with E-state index >= 15 is 0 Å². The van der Waals surface area contributed by atoms with Crippen LogP contribution < -0.4 is 0 Å². The van der Waals surface area contributed by atoms with Gasteiger partial charge in [-0.3, -0.25) is 9.11 Å². The number of unbranched alkanes of at least 4 members (excludes halogenated alkanes) is 18. The summed E-state index contributed by atoms with van der Waals surface area (Å²) in [6.07, 6.45) is 50.2. The Balaban J connectivity index is 0. The zero-order valence-corrected chi connectivity index (χ0v) is 28.3. The summed E-state index contributed by atoms with van der Waals surface area (Å²) in [7, 11) is -4.67. The van der Waals surface area contributed by atoms with Crippen molar-refractivity contribution >= 4 is 10.4 Å². The Morgan fingerprint density at radius 3 is 1.00 bits per heavy atom. The second-order valence-electron chi connectivity index (χ2n) is 11.2. The van der Waals surface area contributed by atoms with Crippen LogP contribution in [0.2, 0.25) is 0 Å². The van der Waals surface area contributed by atoms with Crippen molar-refractivity contribution in [2.75, 3.05) is 13.2 Å². The molecule has 0 heterocycles. The first-order valence-corrected chi connectivity index (χ1v) is 18.7. The Labute approximate surface area is 262 Å². The molecule has 0 saturated carbocycles. The molecular weight excluding hydrogens is 544 g/mol. The number of allylic oxidation sites excluding steroid dienone is 8. The van der Waals surface area contributed by atoms with Gasteiger partial charge in [-0.2, -0.15) is 8.42 Å². The molecule has 0 aromatic carbocycles. The van der Waals surface area contributed by atoms with Gasteiger partial charge in [0.2, 0.25) is 0 Å². The maximum atomic E-state index is 8.74. The van der Waals surface area contributed by atoms with E-state index in [2.05, 4.69) is 62.5 Å². The third-order valence-electron chi connectivity index (χ3n) is 6.98. The molecule has 0 aliphatic rings. The normalized spacial score (nSPS) is 12.3. The molecule has 0 amide bonds. The molecule has 0 rings (SSSR count). The summed E-state index contributed by atoms with van der Waals surface area (Å²) in [6.45, 7) is 6.47. The lowest BCUT2D eigenvalue weighted by Gasteiger charge is -2.05. The van der Waals surface area contributed by atoms with Crippen molar-refractivity contribution < 1.29 is 22.3 Å². The molecule has 0 bridgehead atoms. The largest absolute Gasteiger partial charge is 0.394 e. The van der Waals surface area contributed by atoms with E-state index in [4.69, 9.17) is 22.3 Å². The third-order valence-corrected chi connectivity index (χ3v) is 6.98. The van der Waals surface area contributed by atoms with Crippen LogP contribution in [0.15, 0.2) is 48.6 Å². The molecule has 6 heteroatoms. The van der Waals surface area contributed by atoms with Gasteiger partial charge >= 0.3 is 10.4 Å². The Bertz CT molecular complexity index is 671. The van der Waals surface area contributed by atoms with Gasteiger partial charge in [-0.15, -0.1) is 0 Å². The summed E-state index contributed by atoms with van der Waals surface area (Å²) in [5.74, 6) is 0. The maximum Gasteiger partial charge on any atom is 0.394 e. The summed E-state index contributed by atoms with van der Waals surface area (Å²) in [4.78, 5) is 0. The molecule has 0 aromatic rings. The highest BCUT2D eigenvalue weighted by Gasteiger charge is 1.94. The molecule has 0 unspecified atom stereocenters. The molecule has 0 atom stereocenters. The van der Waals surface area contributed by atoms with Crippen molar-refractivity contribution in [1.82, 2.24) is 0 Å². The molecule has 0 fully saturated rings. The van der Waals surface area contributed by atoms with Gasteiger partial charge in [0, 0.05) is 13.2 Å². The summed E-state index contributed by atoms with van der Waals surface area (Å²) in [5.41, 5.74) is 0. The Morgan fingerprint density at radius 2 is 0.690 bits per heavy atom. The fraction of sp³-hybridized carbons (Fsp3) is 0.778. The van der Waals surface area contributed by atoms with E-state index in [-0.39, 0.29) is 0 Å². The van der Waals surface area contributed by atoms with Gasteiger partial charge in [-0.25, -0.2) is 0 Å². The fourth-order valence-electron chi connectivity index (χ4n) is 4.49. The second kappa shape index (κ2) is 37.8. The lowest BCUT2D eigenvalue weighted by Crippen LogP contribution is -1.97. The quantitative estimate of drug-likeness (QED) is 0.0479. The standard InChI is InChI=1S/C36H66O.H2O4S/c1-3-5-7-9-11-13-15-17-19-21-23-25-27-29-31-33-35-37-36-34-32-30-28-26-24-22-20-18-16-14-12-10-8-6-4-2;1-5(2,3)4/h11-14,17-20H,3-10,15-16,21-36H2,1-2H3;(H2,1,2,3,4)/b13-11-,14-12-,19-17-,20-18-;. The van der Waals surface area contributed by atoms with E-state index in [1.54, 1.807) is 0 Å². The second-order valence-corrected chi connectivity index (χ2v) is 12.1. The predicted molar refractivity (Wildman–Crippen MR) is 184 cm³/mol. The van der Waals surface area contributed by atoms with Crippen molar-refractivity contribution in [2.24, 2.45) is 0 Å². The van der Waals surface area contributed by atoms with Crippen LogP contribution >= 0.6 is 0 Å². The molecule has 248 valence electrons. The minimum absolute atomic E-state index is 0.967. The Kier molecular flexibility index (Phi) is 38.6. The van der Waals surface area contributed by atoms with Gasteiger partial charge in [-0.05, 0) is 77.0 Å². The molecule has 0 aliphatic carbocycles. The average molecular weight is 613 g/mol. The van der Waals surface area contributed by atoms with Crippen LogP contribution in [0.3, 0.4) is 0 Å². The molecule has 5 nitrogen and oxygen atoms in total. The highest BCUT2D eigenvalue weighted by molar-refractivity contribution is 7.79. The molecule has 2 N–H and O–H groups in total. The number of hydrogen-bond acceptors (Lipinski definition) is 3. The van der Waals surface area contributed by atoms with E-state index < -0.39 is 10.4 Å². The minimum Gasteiger partial charge on any atom is -0.381 e. The molecule has 0 radical (unpaired) electrons. The Hall–Kier alpha value is -1.21. The third kappa shape index (κ3) is 51.5. The van der Waals surface area contributed by atoms with Crippen molar-refractivity contribution in [1.29, 1.82) is 0 Å². The van der Waals surface area contributed by atoms with Gasteiger partial charge in [0.1, 0.15) is 0 Å². The first-order valence-electron chi connectivity index (χ1n) is 17.3. The van der Waals surface area contributed by atoms with Crippen LogP contribution in [0.5, 0.6) is 0 Å². The van der Waals surface area contributed by atoms with Crippen LogP contribution in [0.4, 0.5) is 0 Å². The van der Waals surface area contributed by atoms with Crippen LogP contribution in [-0.2, 0) is 15.1 Å². The van der Waals surface area contributed by atoms with E-state index in [0.717, 1.165) is 26.1 Å². The number of ether oxygens (including phenoxy) is 1. The molecule has 0 saturated heterocycles. The Morgan fingerprint density at radius 1 is 0.429 bits per heavy atom. The number of hydrogen-bond donors (Lipinski definition) is 2. The van der Waals surface area contributed by atoms with Crippen molar-refractivity contribution in [3.63, 3.8) is 0 Å². The van der Waals surface area contributed by atoms with Crippen LogP contribution in [0, 0.1) is 0 Å². The topological polar surface area (TPSA) is 83.8 Å². The first-order chi connectivity index (χ1) is 20.4. The number of rotatable bonds is 30. The van der Waals surface area contributed by atoms with E-state index in [1.807, 2.05) is 0 Å². The first kappa shape index (κ1) is 42.9. The van der Waals surface area contributed by atoms with Crippen LogP contribution in [-0.4, -0.2) is 30.7 Å². The molecule has 42 heavy (non-hydrogen) atoms. The summed E-state index contributed by atoms with van der Waals surface area (Å²) < 4.78 is 37.4. The van der Waals surface area contributed by atoms with Crippen LogP contribution in [0.1, 0.15) is 168 Å². The molecule has 0 aromatic heterocycles. The maximum absolute atomic E-state index is 8.74.